The van der Waals surface area contributed by atoms with Gasteiger partial charge in [-0.25, -0.2) is 9.37 Å². The first-order valence-electron chi connectivity index (χ1n) is 7.49. The summed E-state index contributed by atoms with van der Waals surface area (Å²) in [5, 5.41) is 4.79. The van der Waals surface area contributed by atoms with Gasteiger partial charge in [-0.3, -0.25) is 9.48 Å². The highest BCUT2D eigenvalue weighted by molar-refractivity contribution is 6.10. The summed E-state index contributed by atoms with van der Waals surface area (Å²) in [5.74, 6) is -0.294. The van der Waals surface area contributed by atoms with Crippen molar-refractivity contribution in [3.8, 4) is 5.75 Å². The highest BCUT2D eigenvalue weighted by Crippen LogP contribution is 2.30. The number of ether oxygens (including phenoxy) is 1. The third kappa shape index (κ3) is 2.58. The van der Waals surface area contributed by atoms with Crippen LogP contribution in [0.5, 0.6) is 5.75 Å². The topological polar surface area (TPSA) is 60.2 Å². The minimum absolute atomic E-state index is 0.307. The molecule has 0 aliphatic heterocycles. The van der Waals surface area contributed by atoms with E-state index in [1.807, 2.05) is 6.92 Å². The molecule has 1 aromatic carbocycles. The standard InChI is InChI=1S/C17H17FN4O2/c1-4-22(12-7-5-6-11(18)8-12)17(23)14-9-19-16-13(15(14)24-3)10-20-21(16)2/h5-10H,4H2,1-3H3. The Kier molecular flexibility index (Phi) is 4.16. The van der Waals surface area contributed by atoms with Gasteiger partial charge in [-0.05, 0) is 25.1 Å². The van der Waals surface area contributed by atoms with Crippen LogP contribution in [0.25, 0.3) is 11.0 Å². The monoisotopic (exact) mass is 328 g/mol. The molecule has 2 aromatic heterocycles. The second-order valence-electron chi connectivity index (χ2n) is 5.24. The van der Waals surface area contributed by atoms with Crippen molar-refractivity contribution < 1.29 is 13.9 Å². The third-order valence-corrected chi connectivity index (χ3v) is 3.83. The Morgan fingerprint density at radius 1 is 1.38 bits per heavy atom. The van der Waals surface area contributed by atoms with Gasteiger partial charge in [-0.2, -0.15) is 5.10 Å². The number of pyridine rings is 1. The zero-order chi connectivity index (χ0) is 17.3. The Morgan fingerprint density at radius 2 is 2.17 bits per heavy atom. The van der Waals surface area contributed by atoms with Crippen molar-refractivity contribution in [3.05, 3.63) is 48.0 Å². The van der Waals surface area contributed by atoms with E-state index in [1.165, 1.54) is 30.3 Å². The molecule has 24 heavy (non-hydrogen) atoms. The zero-order valence-electron chi connectivity index (χ0n) is 13.7. The number of rotatable bonds is 4. The second kappa shape index (κ2) is 6.27. The first kappa shape index (κ1) is 15.9. The Labute approximate surface area is 138 Å². The van der Waals surface area contributed by atoms with Crippen LogP contribution in [0.2, 0.25) is 0 Å². The molecule has 1 amide bonds. The van der Waals surface area contributed by atoms with E-state index >= 15 is 0 Å². The maximum atomic E-state index is 13.5. The summed E-state index contributed by atoms with van der Waals surface area (Å²) in [6.07, 6.45) is 3.07. The minimum Gasteiger partial charge on any atom is -0.495 e. The lowest BCUT2D eigenvalue weighted by atomic mass is 10.1. The van der Waals surface area contributed by atoms with Crippen molar-refractivity contribution in [1.82, 2.24) is 14.8 Å². The number of amides is 1. The molecule has 0 radical (unpaired) electrons. The summed E-state index contributed by atoms with van der Waals surface area (Å²) in [6.45, 7) is 2.21. The average molecular weight is 328 g/mol. The van der Waals surface area contributed by atoms with Crippen molar-refractivity contribution in [2.45, 2.75) is 6.92 Å². The van der Waals surface area contributed by atoms with Crippen LogP contribution >= 0.6 is 0 Å². The lowest BCUT2D eigenvalue weighted by Crippen LogP contribution is -2.31. The van der Waals surface area contributed by atoms with E-state index in [4.69, 9.17) is 4.74 Å². The fourth-order valence-electron chi connectivity index (χ4n) is 2.68. The van der Waals surface area contributed by atoms with Crippen LogP contribution in [-0.4, -0.2) is 34.3 Å². The van der Waals surface area contributed by atoms with Crippen molar-refractivity contribution in [2.24, 2.45) is 7.05 Å². The van der Waals surface area contributed by atoms with Gasteiger partial charge in [-0.1, -0.05) is 6.07 Å². The lowest BCUT2D eigenvalue weighted by Gasteiger charge is -2.22. The number of anilines is 1. The molecule has 0 saturated heterocycles. The van der Waals surface area contributed by atoms with Gasteiger partial charge in [0.25, 0.3) is 5.91 Å². The molecule has 7 heteroatoms. The highest BCUT2D eigenvalue weighted by atomic mass is 19.1. The number of aryl methyl sites for hydroxylation is 1. The molecule has 0 spiro atoms. The number of hydrogen-bond acceptors (Lipinski definition) is 4. The normalized spacial score (nSPS) is 10.8. The predicted molar refractivity (Wildman–Crippen MR) is 88.8 cm³/mol. The number of benzene rings is 1. The van der Waals surface area contributed by atoms with Crippen LogP contribution < -0.4 is 9.64 Å². The molecule has 6 nitrogen and oxygen atoms in total. The van der Waals surface area contributed by atoms with E-state index in [2.05, 4.69) is 10.1 Å². The van der Waals surface area contributed by atoms with Gasteiger partial charge >= 0.3 is 0 Å². The summed E-state index contributed by atoms with van der Waals surface area (Å²) in [5.41, 5.74) is 1.41. The van der Waals surface area contributed by atoms with Crippen LogP contribution in [0.4, 0.5) is 10.1 Å². The molecule has 3 aromatic rings. The molecular weight excluding hydrogens is 311 g/mol. The number of halogens is 1. The summed E-state index contributed by atoms with van der Waals surface area (Å²) in [4.78, 5) is 18.7. The van der Waals surface area contributed by atoms with Crippen LogP contribution in [-0.2, 0) is 7.05 Å². The molecule has 124 valence electrons. The first-order chi connectivity index (χ1) is 11.6. The fourth-order valence-corrected chi connectivity index (χ4v) is 2.68. The molecule has 0 N–H and O–H groups in total. The smallest absolute Gasteiger partial charge is 0.263 e. The fraction of sp³-hybridized carbons (Fsp3) is 0.235. The van der Waals surface area contributed by atoms with Crippen LogP contribution in [0.15, 0.2) is 36.7 Å². The number of nitrogens with zero attached hydrogens (tertiary/aromatic N) is 4. The number of hydrogen-bond donors (Lipinski definition) is 0. The highest BCUT2D eigenvalue weighted by Gasteiger charge is 2.23. The maximum Gasteiger partial charge on any atom is 0.263 e. The predicted octanol–water partition coefficient (Wildman–Crippen LogP) is 2.78. The summed E-state index contributed by atoms with van der Waals surface area (Å²) < 4.78 is 20.5. The zero-order valence-corrected chi connectivity index (χ0v) is 13.7. The third-order valence-electron chi connectivity index (χ3n) is 3.83. The summed E-state index contributed by atoms with van der Waals surface area (Å²) in [7, 11) is 3.26. The quantitative estimate of drug-likeness (QED) is 0.739. The Hall–Kier alpha value is -2.96. The van der Waals surface area contributed by atoms with Gasteiger partial charge in [0.15, 0.2) is 5.65 Å². The Morgan fingerprint density at radius 3 is 2.83 bits per heavy atom. The largest absolute Gasteiger partial charge is 0.495 e. The molecule has 0 atom stereocenters. The molecule has 3 rings (SSSR count). The van der Waals surface area contributed by atoms with Gasteiger partial charge in [0.05, 0.1) is 18.7 Å². The van der Waals surface area contributed by atoms with Gasteiger partial charge < -0.3 is 9.64 Å². The molecule has 0 aliphatic carbocycles. The van der Waals surface area contributed by atoms with E-state index in [1.54, 1.807) is 30.1 Å². The van der Waals surface area contributed by atoms with Gasteiger partial charge in [0.2, 0.25) is 0 Å². The molecule has 0 unspecified atom stereocenters. The Bertz CT molecular complexity index is 907. The van der Waals surface area contributed by atoms with Crippen LogP contribution in [0, 0.1) is 5.82 Å². The molecule has 0 bridgehead atoms. The summed E-state index contributed by atoms with van der Waals surface area (Å²) in [6, 6.07) is 5.92. The van der Waals surface area contributed by atoms with Crippen molar-refractivity contribution in [1.29, 1.82) is 0 Å². The number of carbonyl (C=O) groups excluding carboxylic acids is 1. The average Bonchev–Trinajstić information content (AvgIpc) is 2.96. The van der Waals surface area contributed by atoms with Crippen LogP contribution in [0.1, 0.15) is 17.3 Å². The molecule has 2 heterocycles. The van der Waals surface area contributed by atoms with Crippen molar-refractivity contribution >= 4 is 22.6 Å². The van der Waals surface area contributed by atoms with Crippen LogP contribution in [0.3, 0.4) is 0 Å². The summed E-state index contributed by atoms with van der Waals surface area (Å²) >= 11 is 0. The van der Waals surface area contributed by atoms with Crippen molar-refractivity contribution in [3.63, 3.8) is 0 Å². The SMILES string of the molecule is CCN(C(=O)c1cnc2c(cnn2C)c1OC)c1cccc(F)c1. The molecule has 0 fully saturated rings. The minimum atomic E-state index is -0.397. The molecule has 0 aliphatic rings. The maximum absolute atomic E-state index is 13.5. The first-order valence-corrected chi connectivity index (χ1v) is 7.49. The van der Waals surface area contributed by atoms with E-state index in [0.717, 1.165) is 0 Å². The molecular formula is C17H17FN4O2. The lowest BCUT2D eigenvalue weighted by molar-refractivity contribution is 0.0985. The van der Waals surface area contributed by atoms with E-state index in [9.17, 15) is 9.18 Å². The van der Waals surface area contributed by atoms with Gasteiger partial charge in [-0.15, -0.1) is 0 Å². The van der Waals surface area contributed by atoms with Gasteiger partial charge in [0, 0.05) is 25.5 Å². The number of methoxy groups -OCH3 is 1. The number of carbonyl (C=O) groups is 1. The van der Waals surface area contributed by atoms with E-state index in [-0.39, 0.29) is 5.91 Å². The van der Waals surface area contributed by atoms with E-state index < -0.39 is 5.82 Å². The Balaban J connectivity index is 2.09. The van der Waals surface area contributed by atoms with Crippen molar-refractivity contribution in [2.75, 3.05) is 18.6 Å². The van der Waals surface area contributed by atoms with E-state index in [0.29, 0.717) is 34.6 Å². The number of fused-ring (bicyclic) bond motifs is 1. The molecule has 0 saturated carbocycles. The number of aromatic nitrogens is 3. The second-order valence-corrected chi connectivity index (χ2v) is 5.24. The van der Waals surface area contributed by atoms with Gasteiger partial charge in [0.1, 0.15) is 17.1 Å².